The van der Waals surface area contributed by atoms with Gasteiger partial charge in [0.15, 0.2) is 11.6 Å². The number of fused-ring (bicyclic) bond motifs is 1. The number of ether oxygens (including phenoxy) is 2. The van der Waals surface area contributed by atoms with Crippen LogP contribution in [0.4, 0.5) is 10.1 Å². The summed E-state index contributed by atoms with van der Waals surface area (Å²) >= 11 is 0. The summed E-state index contributed by atoms with van der Waals surface area (Å²) in [6, 6.07) is 17.7. The number of aromatic hydroxyl groups is 1. The van der Waals surface area contributed by atoms with E-state index in [2.05, 4.69) is 50.0 Å². The molecule has 3 aromatic rings. The van der Waals surface area contributed by atoms with Crippen molar-refractivity contribution in [1.82, 2.24) is 5.32 Å². The van der Waals surface area contributed by atoms with E-state index in [9.17, 15) is 5.11 Å². The zero-order chi connectivity index (χ0) is 27.2. The van der Waals surface area contributed by atoms with E-state index >= 15 is 4.39 Å². The van der Waals surface area contributed by atoms with Crippen LogP contribution in [0.15, 0.2) is 54.6 Å². The number of hydrogen-bond donors (Lipinski definition) is 2. The van der Waals surface area contributed by atoms with Gasteiger partial charge in [0, 0.05) is 30.9 Å². The minimum Gasteiger partial charge on any atom is -0.508 e. The molecular formula is C32H41FN2O3. The minimum atomic E-state index is -0.340. The Kier molecular flexibility index (Phi) is 9.16. The van der Waals surface area contributed by atoms with Crippen molar-refractivity contribution in [3.63, 3.8) is 0 Å². The summed E-state index contributed by atoms with van der Waals surface area (Å²) in [7, 11) is 1.69. The van der Waals surface area contributed by atoms with Crippen LogP contribution in [-0.2, 0) is 12.8 Å². The molecule has 0 spiro atoms. The molecule has 0 heterocycles. The molecule has 0 aliphatic heterocycles. The Morgan fingerprint density at radius 2 is 1.87 bits per heavy atom. The molecule has 2 N–H and O–H groups in total. The van der Waals surface area contributed by atoms with Gasteiger partial charge in [0.2, 0.25) is 0 Å². The van der Waals surface area contributed by atoms with Gasteiger partial charge in [-0.15, -0.1) is 0 Å². The van der Waals surface area contributed by atoms with Gasteiger partial charge in [-0.25, -0.2) is 4.39 Å². The van der Waals surface area contributed by atoms with E-state index in [1.807, 2.05) is 24.3 Å². The van der Waals surface area contributed by atoms with Gasteiger partial charge in [-0.1, -0.05) is 32.0 Å². The Morgan fingerprint density at radius 3 is 2.58 bits per heavy atom. The van der Waals surface area contributed by atoms with Crippen molar-refractivity contribution in [1.29, 1.82) is 0 Å². The number of halogens is 1. The molecule has 0 fully saturated rings. The minimum absolute atomic E-state index is 0.0511. The number of rotatable bonds is 11. The van der Waals surface area contributed by atoms with Crippen LogP contribution < -0.4 is 19.7 Å². The third-order valence-corrected chi connectivity index (χ3v) is 7.56. The summed E-state index contributed by atoms with van der Waals surface area (Å²) in [6.07, 6.45) is 2.86. The van der Waals surface area contributed by atoms with E-state index in [-0.39, 0.29) is 17.6 Å². The van der Waals surface area contributed by atoms with Crippen LogP contribution in [0.1, 0.15) is 68.3 Å². The lowest BCUT2D eigenvalue weighted by Crippen LogP contribution is -2.29. The van der Waals surface area contributed by atoms with Gasteiger partial charge in [-0.3, -0.25) is 0 Å². The van der Waals surface area contributed by atoms with E-state index in [1.54, 1.807) is 25.3 Å². The number of aryl methyl sites for hydroxylation is 1. The fourth-order valence-electron chi connectivity index (χ4n) is 5.49. The quantitative estimate of drug-likeness (QED) is 0.273. The summed E-state index contributed by atoms with van der Waals surface area (Å²) in [4.78, 5) is 2.33. The summed E-state index contributed by atoms with van der Waals surface area (Å²) in [5.41, 5.74) is 5.81. The predicted molar refractivity (Wildman–Crippen MR) is 152 cm³/mol. The number of methoxy groups -OCH3 is 1. The number of benzene rings is 3. The van der Waals surface area contributed by atoms with Gasteiger partial charge < -0.3 is 24.8 Å². The summed E-state index contributed by atoms with van der Waals surface area (Å²) < 4.78 is 26.3. The van der Waals surface area contributed by atoms with Gasteiger partial charge in [0.25, 0.3) is 0 Å². The van der Waals surface area contributed by atoms with E-state index in [0.717, 1.165) is 42.8 Å². The fraction of sp³-hybridized carbons (Fsp3) is 0.438. The fourth-order valence-corrected chi connectivity index (χ4v) is 5.49. The van der Waals surface area contributed by atoms with Crippen LogP contribution in [0.5, 0.6) is 17.2 Å². The largest absolute Gasteiger partial charge is 0.508 e. The zero-order valence-corrected chi connectivity index (χ0v) is 23.3. The van der Waals surface area contributed by atoms with E-state index in [4.69, 9.17) is 9.47 Å². The third-order valence-electron chi connectivity index (χ3n) is 7.56. The lowest BCUT2D eigenvalue weighted by Gasteiger charge is -2.35. The van der Waals surface area contributed by atoms with Crippen LogP contribution in [0.25, 0.3) is 0 Å². The summed E-state index contributed by atoms with van der Waals surface area (Å²) in [5, 5.41) is 13.2. The second-order valence-corrected chi connectivity index (χ2v) is 10.4. The lowest BCUT2D eigenvalue weighted by molar-refractivity contribution is 0.294. The standard InChI is InChI=1S/C32H41FN2O3/c1-6-35(22(4)23-10-14-32(30(33)19-23)38-16-15-34-21(2)3)31-20-28(37-5)12-13-29(31)26-8-7-25-18-27(36)11-9-24(25)17-26/h9-14,18-22,26,34,36H,6-8,15-17H2,1-5H3. The van der Waals surface area contributed by atoms with Gasteiger partial charge in [-0.05, 0) is 91.6 Å². The maximum atomic E-state index is 15.0. The molecule has 0 saturated heterocycles. The highest BCUT2D eigenvalue weighted by atomic mass is 19.1. The van der Waals surface area contributed by atoms with Crippen molar-refractivity contribution in [3.05, 3.63) is 82.7 Å². The molecule has 204 valence electrons. The monoisotopic (exact) mass is 520 g/mol. The summed E-state index contributed by atoms with van der Waals surface area (Å²) in [5.74, 6) is 1.42. The maximum Gasteiger partial charge on any atom is 0.165 e. The highest BCUT2D eigenvalue weighted by molar-refractivity contribution is 5.61. The molecule has 3 aromatic carbocycles. The molecule has 2 atom stereocenters. The van der Waals surface area contributed by atoms with Gasteiger partial charge in [-0.2, -0.15) is 0 Å². The molecule has 6 heteroatoms. The maximum absolute atomic E-state index is 15.0. The highest BCUT2D eigenvalue weighted by Gasteiger charge is 2.27. The number of nitrogens with one attached hydrogen (secondary N) is 1. The first-order chi connectivity index (χ1) is 18.3. The first-order valence-electron chi connectivity index (χ1n) is 13.7. The molecule has 0 saturated carbocycles. The Morgan fingerprint density at radius 1 is 1.05 bits per heavy atom. The lowest BCUT2D eigenvalue weighted by atomic mass is 9.79. The second kappa shape index (κ2) is 12.5. The van der Waals surface area contributed by atoms with Crippen molar-refractivity contribution in [3.8, 4) is 17.2 Å². The summed E-state index contributed by atoms with van der Waals surface area (Å²) in [6.45, 7) is 10.2. The van der Waals surface area contributed by atoms with Crippen LogP contribution >= 0.6 is 0 Å². The number of anilines is 1. The molecule has 1 aliphatic rings. The second-order valence-electron chi connectivity index (χ2n) is 10.4. The SMILES string of the molecule is CCN(c1cc(OC)ccc1C1CCc2cc(O)ccc2C1)C(C)c1ccc(OCCNC(C)C)c(F)c1. The topological polar surface area (TPSA) is 54.0 Å². The smallest absolute Gasteiger partial charge is 0.165 e. The number of hydrogen-bond acceptors (Lipinski definition) is 5. The van der Waals surface area contributed by atoms with E-state index in [0.29, 0.717) is 30.9 Å². The predicted octanol–water partition coefficient (Wildman–Crippen LogP) is 6.78. The van der Waals surface area contributed by atoms with Crippen LogP contribution in [0, 0.1) is 5.82 Å². The van der Waals surface area contributed by atoms with Crippen molar-refractivity contribution in [2.24, 2.45) is 0 Å². The number of nitrogens with zero attached hydrogens (tertiary/aromatic N) is 1. The Labute approximate surface area is 226 Å². The zero-order valence-electron chi connectivity index (χ0n) is 23.3. The first-order valence-corrected chi connectivity index (χ1v) is 13.7. The van der Waals surface area contributed by atoms with Crippen molar-refractivity contribution < 1.29 is 19.0 Å². The van der Waals surface area contributed by atoms with Crippen LogP contribution in [0.2, 0.25) is 0 Å². The average molecular weight is 521 g/mol. The first kappa shape index (κ1) is 27.8. The molecule has 5 nitrogen and oxygen atoms in total. The molecule has 38 heavy (non-hydrogen) atoms. The molecule has 0 radical (unpaired) electrons. The molecule has 1 aliphatic carbocycles. The Bertz CT molecular complexity index is 1230. The molecule has 2 unspecified atom stereocenters. The van der Waals surface area contributed by atoms with E-state index in [1.165, 1.54) is 16.7 Å². The average Bonchev–Trinajstić information content (AvgIpc) is 2.91. The molecule has 4 rings (SSSR count). The van der Waals surface area contributed by atoms with Gasteiger partial charge in [0.05, 0.1) is 13.2 Å². The highest BCUT2D eigenvalue weighted by Crippen LogP contribution is 2.42. The van der Waals surface area contributed by atoms with Crippen molar-refractivity contribution in [2.45, 2.75) is 65.0 Å². The molecule has 0 amide bonds. The van der Waals surface area contributed by atoms with E-state index < -0.39 is 0 Å². The van der Waals surface area contributed by atoms with Gasteiger partial charge in [0.1, 0.15) is 18.1 Å². The number of phenols is 1. The van der Waals surface area contributed by atoms with Crippen LogP contribution in [-0.4, -0.2) is 38.0 Å². The molecule has 0 bridgehead atoms. The number of phenolic OH excluding ortho intramolecular Hbond substituents is 1. The normalized spacial score (nSPS) is 15.7. The Hall–Kier alpha value is -3.25. The molecule has 0 aromatic heterocycles. The van der Waals surface area contributed by atoms with Crippen LogP contribution in [0.3, 0.4) is 0 Å². The van der Waals surface area contributed by atoms with Gasteiger partial charge >= 0.3 is 0 Å². The Balaban J connectivity index is 1.58. The van der Waals surface area contributed by atoms with Crippen molar-refractivity contribution >= 4 is 5.69 Å². The third kappa shape index (κ3) is 6.41. The molecular weight excluding hydrogens is 479 g/mol. The van der Waals surface area contributed by atoms with Crippen molar-refractivity contribution in [2.75, 3.05) is 31.7 Å².